The van der Waals surface area contributed by atoms with Gasteiger partial charge in [-0.15, -0.1) is 0 Å². The van der Waals surface area contributed by atoms with Crippen molar-refractivity contribution in [3.63, 3.8) is 0 Å². The Balaban J connectivity index is 2.13. The van der Waals surface area contributed by atoms with Crippen LogP contribution in [0.1, 0.15) is 46.6 Å². The van der Waals surface area contributed by atoms with Crippen molar-refractivity contribution in [2.45, 2.75) is 71.4 Å². The molecule has 0 aliphatic carbocycles. The second kappa shape index (κ2) is 8.08. The smallest absolute Gasteiger partial charge is 0.407 e. The van der Waals surface area contributed by atoms with Crippen molar-refractivity contribution in [2.24, 2.45) is 5.92 Å². The summed E-state index contributed by atoms with van der Waals surface area (Å²) in [5.74, 6) is -0.0185. The lowest BCUT2D eigenvalue weighted by molar-refractivity contribution is -0.171. The molecule has 1 heterocycles. The second-order valence-electron chi connectivity index (χ2n) is 8.27. The molecule has 1 aliphatic rings. The maximum absolute atomic E-state index is 12.2. The highest BCUT2D eigenvalue weighted by molar-refractivity contribution is 5.88. The Morgan fingerprint density at radius 1 is 1.27 bits per heavy atom. The predicted octanol–water partition coefficient (Wildman–Crippen LogP) is 2.70. The van der Waals surface area contributed by atoms with E-state index >= 15 is 0 Å². The molecule has 0 radical (unpaired) electrons. The monoisotopic (exact) mass is 362 g/mol. The van der Waals surface area contributed by atoms with E-state index in [1.807, 2.05) is 44.2 Å². The molecule has 1 fully saturated rings. The molecule has 0 spiro atoms. The number of amides is 2. The lowest BCUT2D eigenvalue weighted by Gasteiger charge is -2.48. The summed E-state index contributed by atoms with van der Waals surface area (Å²) in [5.41, 5.74) is 0.378. The number of rotatable bonds is 6. The third-order valence-corrected chi connectivity index (χ3v) is 4.25. The summed E-state index contributed by atoms with van der Waals surface area (Å²) < 4.78 is 5.35. The van der Waals surface area contributed by atoms with Crippen LogP contribution in [0.25, 0.3) is 0 Å². The van der Waals surface area contributed by atoms with Crippen molar-refractivity contribution < 1.29 is 19.4 Å². The molecule has 0 aromatic heterocycles. The number of hydrogen-bond acceptors (Lipinski definition) is 4. The number of ether oxygens (including phenoxy) is 1. The fraction of sp³-hybridized carbons (Fsp3) is 0.600. The standard InChI is InChI=1S/C20H30N2O4/c1-13(2)11-15(21-19(25)26-20(3,4)5)16-17(23)18(24)22(16)12-14-9-7-6-8-10-14/h6-10,13,15-17,23H,11-12H2,1-5H3,(H,21,25)/t15-,16+,17-/m0/s1. The van der Waals surface area contributed by atoms with E-state index in [1.54, 1.807) is 25.7 Å². The Kier molecular flexibility index (Phi) is 6.29. The first-order chi connectivity index (χ1) is 12.1. The van der Waals surface area contributed by atoms with Crippen LogP contribution in [-0.4, -0.2) is 45.8 Å². The molecule has 2 amide bonds. The van der Waals surface area contributed by atoms with Gasteiger partial charge in [0.05, 0.1) is 12.1 Å². The molecule has 1 aromatic carbocycles. The van der Waals surface area contributed by atoms with Gasteiger partial charge in [-0.05, 0) is 38.7 Å². The minimum absolute atomic E-state index is 0.288. The number of carbonyl (C=O) groups excluding carboxylic acids is 2. The maximum Gasteiger partial charge on any atom is 0.407 e. The lowest BCUT2D eigenvalue weighted by atomic mass is 9.86. The third-order valence-electron chi connectivity index (χ3n) is 4.25. The number of carbonyl (C=O) groups is 2. The number of likely N-dealkylation sites (tertiary alicyclic amines) is 1. The zero-order chi connectivity index (χ0) is 19.5. The van der Waals surface area contributed by atoms with E-state index in [-0.39, 0.29) is 17.9 Å². The van der Waals surface area contributed by atoms with Gasteiger partial charge in [0.1, 0.15) is 5.60 Å². The van der Waals surface area contributed by atoms with Crippen molar-refractivity contribution in [1.82, 2.24) is 10.2 Å². The number of hydrogen-bond donors (Lipinski definition) is 2. The van der Waals surface area contributed by atoms with Crippen LogP contribution in [0.2, 0.25) is 0 Å². The van der Waals surface area contributed by atoms with Gasteiger partial charge in [0.15, 0.2) is 6.10 Å². The van der Waals surface area contributed by atoms with Gasteiger partial charge in [0.2, 0.25) is 0 Å². The van der Waals surface area contributed by atoms with E-state index in [1.165, 1.54) is 0 Å². The molecule has 1 saturated heterocycles. The Morgan fingerprint density at radius 2 is 1.88 bits per heavy atom. The number of nitrogens with zero attached hydrogens (tertiary/aromatic N) is 1. The average molecular weight is 362 g/mol. The highest BCUT2D eigenvalue weighted by Gasteiger charge is 2.50. The number of aliphatic hydroxyl groups excluding tert-OH is 1. The van der Waals surface area contributed by atoms with Crippen LogP contribution in [0, 0.1) is 5.92 Å². The molecule has 6 nitrogen and oxygen atoms in total. The third kappa shape index (κ3) is 5.21. The molecule has 3 atom stereocenters. The Hall–Kier alpha value is -2.08. The highest BCUT2D eigenvalue weighted by Crippen LogP contribution is 2.28. The van der Waals surface area contributed by atoms with E-state index < -0.39 is 23.8 Å². The summed E-state index contributed by atoms with van der Waals surface area (Å²) in [6.07, 6.45) is -0.994. The fourth-order valence-electron chi connectivity index (χ4n) is 3.20. The SMILES string of the molecule is CC(C)C[C@H](NC(=O)OC(C)(C)C)[C@@H]1[C@H](O)C(=O)N1Cc1ccccc1. The van der Waals surface area contributed by atoms with Gasteiger partial charge >= 0.3 is 6.09 Å². The van der Waals surface area contributed by atoms with Crippen LogP contribution >= 0.6 is 0 Å². The molecular formula is C20H30N2O4. The summed E-state index contributed by atoms with van der Waals surface area (Å²) >= 11 is 0. The molecule has 6 heteroatoms. The van der Waals surface area contributed by atoms with Crippen LogP contribution in [0.5, 0.6) is 0 Å². The molecule has 0 bridgehead atoms. The molecule has 2 N–H and O–H groups in total. The van der Waals surface area contributed by atoms with E-state index in [4.69, 9.17) is 4.74 Å². The van der Waals surface area contributed by atoms with Crippen LogP contribution in [0.3, 0.4) is 0 Å². The molecule has 0 saturated carbocycles. The van der Waals surface area contributed by atoms with Gasteiger partial charge in [-0.1, -0.05) is 44.2 Å². The van der Waals surface area contributed by atoms with Crippen LogP contribution in [0.4, 0.5) is 4.79 Å². The minimum Gasteiger partial charge on any atom is -0.444 e. The number of alkyl carbamates (subject to hydrolysis) is 1. The van der Waals surface area contributed by atoms with Crippen LogP contribution < -0.4 is 5.32 Å². The topological polar surface area (TPSA) is 78.9 Å². The molecule has 2 rings (SSSR count). The van der Waals surface area contributed by atoms with Crippen LogP contribution in [0.15, 0.2) is 30.3 Å². The highest BCUT2D eigenvalue weighted by atomic mass is 16.6. The first-order valence-electron chi connectivity index (χ1n) is 9.10. The zero-order valence-electron chi connectivity index (χ0n) is 16.2. The Labute approximate surface area is 155 Å². The predicted molar refractivity (Wildman–Crippen MR) is 99.4 cm³/mol. The van der Waals surface area contributed by atoms with Gasteiger partial charge in [-0.2, -0.15) is 0 Å². The van der Waals surface area contributed by atoms with Crippen molar-refractivity contribution in [2.75, 3.05) is 0 Å². The second-order valence-corrected chi connectivity index (χ2v) is 8.27. The van der Waals surface area contributed by atoms with E-state index in [2.05, 4.69) is 5.32 Å². The van der Waals surface area contributed by atoms with Gasteiger partial charge in [0.25, 0.3) is 5.91 Å². The number of benzene rings is 1. The molecule has 0 unspecified atom stereocenters. The van der Waals surface area contributed by atoms with Gasteiger partial charge < -0.3 is 20.1 Å². The van der Waals surface area contributed by atoms with Crippen molar-refractivity contribution >= 4 is 12.0 Å². The first-order valence-corrected chi connectivity index (χ1v) is 9.10. The van der Waals surface area contributed by atoms with Crippen molar-refractivity contribution in [1.29, 1.82) is 0 Å². The Morgan fingerprint density at radius 3 is 2.42 bits per heavy atom. The summed E-state index contributed by atoms with van der Waals surface area (Å²) in [5, 5.41) is 13.1. The summed E-state index contributed by atoms with van der Waals surface area (Å²) in [6.45, 7) is 9.89. The van der Waals surface area contributed by atoms with E-state index in [0.29, 0.717) is 13.0 Å². The largest absolute Gasteiger partial charge is 0.444 e. The van der Waals surface area contributed by atoms with Gasteiger partial charge in [-0.25, -0.2) is 4.79 Å². The Bertz CT molecular complexity index is 624. The minimum atomic E-state index is -1.10. The van der Waals surface area contributed by atoms with Crippen molar-refractivity contribution in [3.8, 4) is 0 Å². The number of β-lactam (4-membered cyclic amide) rings is 1. The molecule has 1 aliphatic heterocycles. The average Bonchev–Trinajstić information content (AvgIpc) is 2.52. The molecule has 1 aromatic rings. The molecule has 26 heavy (non-hydrogen) atoms. The van der Waals surface area contributed by atoms with Crippen molar-refractivity contribution in [3.05, 3.63) is 35.9 Å². The first kappa shape index (κ1) is 20.2. The maximum atomic E-state index is 12.2. The van der Waals surface area contributed by atoms with Gasteiger partial charge in [0, 0.05) is 6.54 Å². The quantitative estimate of drug-likeness (QED) is 0.763. The normalized spacial score (nSPS) is 21.3. The van der Waals surface area contributed by atoms with E-state index in [0.717, 1.165) is 5.56 Å². The number of nitrogens with one attached hydrogen (secondary N) is 1. The zero-order valence-corrected chi connectivity index (χ0v) is 16.2. The molecular weight excluding hydrogens is 332 g/mol. The lowest BCUT2D eigenvalue weighted by Crippen LogP contribution is -2.71. The summed E-state index contributed by atoms with van der Waals surface area (Å²) in [7, 11) is 0. The van der Waals surface area contributed by atoms with E-state index in [9.17, 15) is 14.7 Å². The fourth-order valence-corrected chi connectivity index (χ4v) is 3.20. The molecule has 144 valence electrons. The van der Waals surface area contributed by atoms with Gasteiger partial charge in [-0.3, -0.25) is 4.79 Å². The summed E-state index contributed by atoms with van der Waals surface area (Å²) in [4.78, 5) is 26.1. The summed E-state index contributed by atoms with van der Waals surface area (Å²) in [6, 6.07) is 8.78. The van der Waals surface area contributed by atoms with Crippen LogP contribution in [-0.2, 0) is 16.1 Å². The number of aliphatic hydroxyl groups is 1.